The van der Waals surface area contributed by atoms with Crippen LogP contribution in [0.15, 0.2) is 30.3 Å². The van der Waals surface area contributed by atoms with Crippen molar-refractivity contribution in [2.75, 3.05) is 0 Å². The van der Waals surface area contributed by atoms with Crippen molar-refractivity contribution in [3.8, 4) is 0 Å². The monoisotopic (exact) mass is 396 g/mol. The van der Waals surface area contributed by atoms with Crippen LogP contribution in [0.1, 0.15) is 46.7 Å². The van der Waals surface area contributed by atoms with Gasteiger partial charge in [-0.1, -0.05) is 26.0 Å². The second-order valence-corrected chi connectivity index (χ2v) is 6.75. The first-order valence-corrected chi connectivity index (χ1v) is 8.62. The lowest BCUT2D eigenvalue weighted by molar-refractivity contribution is -0.140. The molecule has 0 aliphatic carbocycles. The molecule has 0 spiro atoms. The number of pyridine rings is 1. The number of halogens is 4. The van der Waals surface area contributed by atoms with Crippen LogP contribution in [-0.4, -0.2) is 16.7 Å². The zero-order valence-electron chi connectivity index (χ0n) is 15.7. The molecule has 2 rings (SSSR count). The highest BCUT2D eigenvalue weighted by molar-refractivity contribution is 5.94. The molecule has 0 saturated heterocycles. The first-order valence-electron chi connectivity index (χ1n) is 8.62. The van der Waals surface area contributed by atoms with Crippen molar-refractivity contribution in [1.82, 2.24) is 10.3 Å². The average molecular weight is 396 g/mol. The Balaban J connectivity index is 2.16. The number of hydrogen-bond donors (Lipinski definition) is 1. The fraction of sp³-hybridized carbons (Fsp3) is 0.350. The number of amides is 1. The SMILES string of the molecule is Cc1cc(C(=O)NCc2cccc(C(F)(F)F)c2F)cc(CC(=O)C(C)C)n1. The van der Waals surface area contributed by atoms with Crippen molar-refractivity contribution in [3.05, 3.63) is 64.2 Å². The van der Waals surface area contributed by atoms with E-state index >= 15 is 0 Å². The highest BCUT2D eigenvalue weighted by Crippen LogP contribution is 2.32. The Labute approximate surface area is 160 Å². The van der Waals surface area contributed by atoms with Gasteiger partial charge in [0.1, 0.15) is 11.6 Å². The minimum Gasteiger partial charge on any atom is -0.348 e. The molecule has 4 nitrogen and oxygen atoms in total. The summed E-state index contributed by atoms with van der Waals surface area (Å²) in [5.41, 5.74) is -0.511. The van der Waals surface area contributed by atoms with Gasteiger partial charge in [-0.3, -0.25) is 14.6 Å². The van der Waals surface area contributed by atoms with Crippen LogP contribution in [0.2, 0.25) is 0 Å². The number of nitrogens with one attached hydrogen (secondary N) is 1. The summed E-state index contributed by atoms with van der Waals surface area (Å²) in [5.74, 6) is -2.22. The van der Waals surface area contributed by atoms with E-state index in [1.807, 2.05) is 0 Å². The smallest absolute Gasteiger partial charge is 0.348 e. The lowest BCUT2D eigenvalue weighted by Gasteiger charge is -2.12. The van der Waals surface area contributed by atoms with Crippen molar-refractivity contribution in [3.63, 3.8) is 0 Å². The van der Waals surface area contributed by atoms with Crippen LogP contribution in [-0.2, 0) is 23.9 Å². The van der Waals surface area contributed by atoms with Gasteiger partial charge in [-0.2, -0.15) is 13.2 Å². The normalized spacial score (nSPS) is 11.6. The van der Waals surface area contributed by atoms with Gasteiger partial charge < -0.3 is 5.32 Å². The Kier molecular flexibility index (Phi) is 6.53. The van der Waals surface area contributed by atoms with Crippen LogP contribution >= 0.6 is 0 Å². The summed E-state index contributed by atoms with van der Waals surface area (Å²) in [5, 5.41) is 2.41. The van der Waals surface area contributed by atoms with E-state index in [1.54, 1.807) is 20.8 Å². The number of benzene rings is 1. The first kappa shape index (κ1) is 21.5. The van der Waals surface area contributed by atoms with Gasteiger partial charge in [-0.05, 0) is 25.1 Å². The molecule has 1 aromatic heterocycles. The minimum atomic E-state index is -4.82. The predicted molar refractivity (Wildman–Crippen MR) is 95.1 cm³/mol. The van der Waals surface area contributed by atoms with E-state index in [4.69, 9.17) is 0 Å². The summed E-state index contributed by atoms with van der Waals surface area (Å²) in [6.45, 7) is 4.77. The molecule has 0 unspecified atom stereocenters. The highest BCUT2D eigenvalue weighted by atomic mass is 19.4. The third-order valence-corrected chi connectivity index (χ3v) is 4.09. The Morgan fingerprint density at radius 2 is 1.86 bits per heavy atom. The second-order valence-electron chi connectivity index (χ2n) is 6.75. The zero-order chi connectivity index (χ0) is 21.1. The number of aromatic nitrogens is 1. The quantitative estimate of drug-likeness (QED) is 0.743. The van der Waals surface area contributed by atoms with Crippen molar-refractivity contribution in [1.29, 1.82) is 0 Å². The lowest BCUT2D eigenvalue weighted by Crippen LogP contribution is -2.24. The average Bonchev–Trinajstić information content (AvgIpc) is 2.58. The van der Waals surface area contributed by atoms with E-state index in [0.717, 1.165) is 6.07 Å². The molecule has 0 atom stereocenters. The fourth-order valence-electron chi connectivity index (χ4n) is 2.55. The van der Waals surface area contributed by atoms with Crippen molar-refractivity contribution >= 4 is 11.7 Å². The summed E-state index contributed by atoms with van der Waals surface area (Å²) in [7, 11) is 0. The molecule has 28 heavy (non-hydrogen) atoms. The maximum atomic E-state index is 14.0. The van der Waals surface area contributed by atoms with Crippen LogP contribution in [0.4, 0.5) is 17.6 Å². The maximum absolute atomic E-state index is 14.0. The van der Waals surface area contributed by atoms with Gasteiger partial charge in [0.25, 0.3) is 5.91 Å². The molecule has 150 valence electrons. The Morgan fingerprint density at radius 1 is 1.18 bits per heavy atom. The molecule has 2 aromatic rings. The molecule has 0 aliphatic heterocycles. The number of nitrogens with zero attached hydrogens (tertiary/aromatic N) is 1. The molecule has 0 fully saturated rings. The summed E-state index contributed by atoms with van der Waals surface area (Å²) >= 11 is 0. The van der Waals surface area contributed by atoms with E-state index in [1.165, 1.54) is 18.2 Å². The van der Waals surface area contributed by atoms with Crippen molar-refractivity contribution in [2.24, 2.45) is 5.92 Å². The summed E-state index contributed by atoms with van der Waals surface area (Å²) < 4.78 is 52.4. The molecule has 0 saturated carbocycles. The lowest BCUT2D eigenvalue weighted by atomic mass is 10.0. The van der Waals surface area contributed by atoms with E-state index < -0.39 is 30.0 Å². The number of carbonyl (C=O) groups is 2. The van der Waals surface area contributed by atoms with Crippen molar-refractivity contribution in [2.45, 2.75) is 39.9 Å². The van der Waals surface area contributed by atoms with Gasteiger partial charge in [0.2, 0.25) is 0 Å². The van der Waals surface area contributed by atoms with Gasteiger partial charge in [0, 0.05) is 41.4 Å². The Hall–Kier alpha value is -2.77. The molecule has 1 N–H and O–H groups in total. The number of hydrogen-bond acceptors (Lipinski definition) is 3. The summed E-state index contributed by atoms with van der Waals surface area (Å²) in [6, 6.07) is 5.84. The summed E-state index contributed by atoms with van der Waals surface area (Å²) in [6.07, 6.45) is -4.74. The third-order valence-electron chi connectivity index (χ3n) is 4.09. The van der Waals surface area contributed by atoms with Gasteiger partial charge in [-0.25, -0.2) is 4.39 Å². The van der Waals surface area contributed by atoms with Crippen LogP contribution in [0, 0.1) is 18.7 Å². The van der Waals surface area contributed by atoms with Crippen LogP contribution in [0.25, 0.3) is 0 Å². The number of Topliss-reactive ketones (excluding diaryl/α,β-unsaturated/α-hetero) is 1. The molecule has 0 bridgehead atoms. The number of aryl methyl sites for hydroxylation is 1. The zero-order valence-corrected chi connectivity index (χ0v) is 15.7. The van der Waals surface area contributed by atoms with E-state index in [9.17, 15) is 27.2 Å². The topological polar surface area (TPSA) is 59.1 Å². The first-order chi connectivity index (χ1) is 13.0. The van der Waals surface area contributed by atoms with Gasteiger partial charge in [0.05, 0.1) is 5.56 Å². The van der Waals surface area contributed by atoms with E-state index in [2.05, 4.69) is 10.3 Å². The predicted octanol–water partition coefficient (Wildman–Crippen LogP) is 4.25. The van der Waals surface area contributed by atoms with Gasteiger partial charge in [-0.15, -0.1) is 0 Å². The number of carbonyl (C=O) groups excluding carboxylic acids is 2. The molecule has 0 aliphatic rings. The Morgan fingerprint density at radius 3 is 2.46 bits per heavy atom. The van der Waals surface area contributed by atoms with E-state index in [0.29, 0.717) is 17.5 Å². The molecule has 1 amide bonds. The second kappa shape index (κ2) is 8.50. The standard InChI is InChI=1S/C20H20F4N2O2/c1-11(2)17(27)9-15-8-14(7-12(3)26-15)19(28)25-10-13-5-4-6-16(18(13)21)20(22,23)24/h4-8,11H,9-10H2,1-3H3,(H,25,28). The molecule has 1 heterocycles. The highest BCUT2D eigenvalue weighted by Gasteiger charge is 2.34. The molecular weight excluding hydrogens is 376 g/mol. The minimum absolute atomic E-state index is 0.0319. The van der Waals surface area contributed by atoms with Gasteiger partial charge >= 0.3 is 6.18 Å². The maximum Gasteiger partial charge on any atom is 0.419 e. The number of alkyl halides is 3. The third kappa shape index (κ3) is 5.37. The van der Waals surface area contributed by atoms with Crippen molar-refractivity contribution < 1.29 is 27.2 Å². The Bertz CT molecular complexity index is 892. The van der Waals surface area contributed by atoms with E-state index in [-0.39, 0.29) is 29.2 Å². The molecule has 8 heteroatoms. The van der Waals surface area contributed by atoms with Crippen LogP contribution in [0.5, 0.6) is 0 Å². The number of rotatable bonds is 6. The largest absolute Gasteiger partial charge is 0.419 e. The van der Waals surface area contributed by atoms with Gasteiger partial charge in [0.15, 0.2) is 0 Å². The molecule has 0 radical (unpaired) electrons. The van der Waals surface area contributed by atoms with Crippen LogP contribution < -0.4 is 5.32 Å². The fourth-order valence-corrected chi connectivity index (χ4v) is 2.55. The molecular formula is C20H20F4N2O2. The van der Waals surface area contributed by atoms with Crippen LogP contribution in [0.3, 0.4) is 0 Å². The number of ketones is 1. The summed E-state index contributed by atoms with van der Waals surface area (Å²) in [4.78, 5) is 28.5. The molecule has 1 aromatic carbocycles.